The molecule has 142 valence electrons. The molecule has 1 N–H and O–H groups in total. The van der Waals surface area contributed by atoms with Gasteiger partial charge in [0.1, 0.15) is 11.7 Å². The van der Waals surface area contributed by atoms with Gasteiger partial charge >= 0.3 is 12.3 Å². The number of carbonyl (C=O) groups is 1. The van der Waals surface area contributed by atoms with Crippen molar-refractivity contribution in [3.8, 4) is 11.5 Å². The highest BCUT2D eigenvalue weighted by atomic mass is 19.3. The largest absolute Gasteiger partial charge is 0.586 e. The van der Waals surface area contributed by atoms with Crippen molar-refractivity contribution >= 4 is 5.97 Å². The lowest BCUT2D eigenvalue weighted by Gasteiger charge is -2.32. The van der Waals surface area contributed by atoms with E-state index in [0.717, 1.165) is 0 Å². The Labute approximate surface area is 147 Å². The van der Waals surface area contributed by atoms with Crippen molar-refractivity contribution in [3.63, 3.8) is 0 Å². The van der Waals surface area contributed by atoms with Gasteiger partial charge in [-0.25, -0.2) is 4.39 Å². The van der Waals surface area contributed by atoms with Crippen LogP contribution in [0.1, 0.15) is 24.4 Å². The van der Waals surface area contributed by atoms with Crippen molar-refractivity contribution in [2.45, 2.75) is 36.9 Å². The lowest BCUT2D eigenvalue weighted by Crippen LogP contribution is -2.47. The van der Waals surface area contributed by atoms with Gasteiger partial charge in [-0.05, 0) is 24.1 Å². The molecule has 1 aromatic rings. The molecular weight excluding hydrogens is 355 g/mol. The minimum atomic E-state index is -3.74. The van der Waals surface area contributed by atoms with Crippen molar-refractivity contribution < 1.29 is 37.3 Å². The van der Waals surface area contributed by atoms with Gasteiger partial charge < -0.3 is 19.3 Å². The molecule has 4 atom stereocenters. The van der Waals surface area contributed by atoms with Gasteiger partial charge in [-0.15, -0.1) is 8.78 Å². The molecule has 0 amide bonds. The molecule has 0 radical (unpaired) electrons. The summed E-state index contributed by atoms with van der Waals surface area (Å²) in [4.78, 5) is 14.1. The molecule has 0 aliphatic carbocycles. The van der Waals surface area contributed by atoms with E-state index in [1.54, 1.807) is 11.0 Å². The van der Waals surface area contributed by atoms with Crippen LogP contribution < -0.4 is 9.47 Å². The molecule has 3 heterocycles. The number of hydrogen-bond donors (Lipinski definition) is 1. The molecule has 3 aliphatic rings. The number of halogens is 3. The summed E-state index contributed by atoms with van der Waals surface area (Å²) in [7, 11) is 1.24. The van der Waals surface area contributed by atoms with Crippen LogP contribution in [0.15, 0.2) is 18.2 Å². The predicted octanol–water partition coefficient (Wildman–Crippen LogP) is 2.02. The standard InChI is InChI=1S/C17H18F3NO5/c1-24-15(23)16-5-10(8-22)14(21(16)7-11(18)6-16)9-2-3-12-13(4-9)26-17(19,20)25-12/h2-4,10-11,14,22H,5-8H2,1H3/t10-,11+,14+,16+/m1/s1. The molecule has 26 heavy (non-hydrogen) atoms. The van der Waals surface area contributed by atoms with Crippen LogP contribution in [0.2, 0.25) is 0 Å². The van der Waals surface area contributed by atoms with Gasteiger partial charge in [0.05, 0.1) is 7.11 Å². The van der Waals surface area contributed by atoms with Gasteiger partial charge in [0, 0.05) is 31.5 Å². The van der Waals surface area contributed by atoms with Crippen LogP contribution in [0.3, 0.4) is 0 Å². The zero-order valence-corrected chi connectivity index (χ0v) is 14.0. The summed E-state index contributed by atoms with van der Waals surface area (Å²) in [6, 6.07) is 3.78. The Balaban J connectivity index is 1.73. The van der Waals surface area contributed by atoms with E-state index in [2.05, 4.69) is 9.47 Å². The third-order valence-corrected chi connectivity index (χ3v) is 5.45. The fraction of sp³-hybridized carbons (Fsp3) is 0.588. The van der Waals surface area contributed by atoms with Crippen LogP contribution in [-0.2, 0) is 9.53 Å². The highest BCUT2D eigenvalue weighted by Crippen LogP contribution is 2.54. The quantitative estimate of drug-likeness (QED) is 0.818. The average Bonchev–Trinajstić information content (AvgIpc) is 3.17. The van der Waals surface area contributed by atoms with Crippen LogP contribution in [-0.4, -0.2) is 54.2 Å². The zero-order chi connectivity index (χ0) is 18.7. The van der Waals surface area contributed by atoms with E-state index in [4.69, 9.17) is 4.74 Å². The zero-order valence-electron chi connectivity index (χ0n) is 14.0. The lowest BCUT2D eigenvalue weighted by molar-refractivity contribution is -0.286. The fourth-order valence-corrected chi connectivity index (χ4v) is 4.56. The van der Waals surface area contributed by atoms with E-state index in [-0.39, 0.29) is 43.4 Å². The number of esters is 1. The van der Waals surface area contributed by atoms with E-state index in [1.807, 2.05) is 0 Å². The predicted molar refractivity (Wildman–Crippen MR) is 81.5 cm³/mol. The number of aliphatic hydroxyl groups is 1. The van der Waals surface area contributed by atoms with Gasteiger partial charge in [0.2, 0.25) is 0 Å². The van der Waals surface area contributed by atoms with Crippen LogP contribution in [0.4, 0.5) is 13.2 Å². The highest BCUT2D eigenvalue weighted by molar-refractivity contribution is 5.82. The van der Waals surface area contributed by atoms with Gasteiger partial charge in [0.25, 0.3) is 0 Å². The number of nitrogens with zero attached hydrogens (tertiary/aromatic N) is 1. The molecule has 6 nitrogen and oxygen atoms in total. The topological polar surface area (TPSA) is 68.2 Å². The Morgan fingerprint density at radius 3 is 2.77 bits per heavy atom. The summed E-state index contributed by atoms with van der Waals surface area (Å²) in [6.45, 7) is -0.234. The molecule has 4 rings (SSSR count). The first kappa shape index (κ1) is 17.4. The number of benzene rings is 1. The number of carbonyl (C=O) groups excluding carboxylic acids is 1. The van der Waals surface area contributed by atoms with E-state index in [9.17, 15) is 23.1 Å². The smallest absolute Gasteiger partial charge is 0.468 e. The van der Waals surface area contributed by atoms with Crippen LogP contribution in [0.5, 0.6) is 11.5 Å². The van der Waals surface area contributed by atoms with Gasteiger partial charge in [0.15, 0.2) is 11.5 Å². The van der Waals surface area contributed by atoms with E-state index in [0.29, 0.717) is 5.56 Å². The molecule has 2 fully saturated rings. The maximum absolute atomic E-state index is 14.2. The number of ether oxygens (including phenoxy) is 3. The summed E-state index contributed by atoms with van der Waals surface area (Å²) in [6.07, 6.45) is -4.74. The molecule has 0 unspecified atom stereocenters. The number of aliphatic hydroxyl groups excluding tert-OH is 1. The molecule has 0 spiro atoms. The maximum atomic E-state index is 14.2. The van der Waals surface area contributed by atoms with E-state index >= 15 is 0 Å². The molecule has 9 heteroatoms. The highest BCUT2D eigenvalue weighted by Gasteiger charge is 2.62. The minimum Gasteiger partial charge on any atom is -0.468 e. The lowest BCUT2D eigenvalue weighted by atomic mass is 9.87. The SMILES string of the molecule is COC(=O)[C@]12C[C@H](F)CN1[C@@H](c1ccc3c(c1)OC(F)(F)O3)[C@@H](CO)C2. The third-order valence-electron chi connectivity index (χ3n) is 5.45. The Morgan fingerprint density at radius 1 is 1.35 bits per heavy atom. The summed E-state index contributed by atoms with van der Waals surface area (Å²) in [5.74, 6) is -1.15. The molecule has 1 aromatic carbocycles. The molecule has 0 aromatic heterocycles. The Kier molecular flexibility index (Phi) is 3.85. The number of rotatable bonds is 3. The van der Waals surface area contributed by atoms with E-state index in [1.165, 1.54) is 19.2 Å². The van der Waals surface area contributed by atoms with Gasteiger partial charge in [-0.2, -0.15) is 0 Å². The van der Waals surface area contributed by atoms with Crippen LogP contribution >= 0.6 is 0 Å². The number of hydrogen-bond acceptors (Lipinski definition) is 6. The molecule has 3 aliphatic heterocycles. The Hall–Kier alpha value is -2.00. The second kappa shape index (κ2) is 5.75. The summed E-state index contributed by atoms with van der Waals surface area (Å²) >= 11 is 0. The third kappa shape index (κ3) is 2.44. The number of alkyl halides is 3. The first-order chi connectivity index (χ1) is 12.3. The van der Waals surface area contributed by atoms with Crippen molar-refractivity contribution in [2.75, 3.05) is 20.3 Å². The molecular formula is C17H18F3NO5. The first-order valence-corrected chi connectivity index (χ1v) is 8.29. The molecule has 0 bridgehead atoms. The second-order valence-electron chi connectivity index (χ2n) is 6.94. The van der Waals surface area contributed by atoms with Gasteiger partial charge in [-0.1, -0.05) is 6.07 Å². The first-order valence-electron chi connectivity index (χ1n) is 8.29. The van der Waals surface area contributed by atoms with Crippen molar-refractivity contribution in [3.05, 3.63) is 23.8 Å². The molecule has 0 saturated carbocycles. The second-order valence-corrected chi connectivity index (χ2v) is 6.94. The van der Waals surface area contributed by atoms with Crippen LogP contribution in [0, 0.1) is 5.92 Å². The normalized spacial score (nSPS) is 34.7. The Morgan fingerprint density at radius 2 is 2.08 bits per heavy atom. The number of methoxy groups -OCH3 is 1. The van der Waals surface area contributed by atoms with Crippen molar-refractivity contribution in [2.24, 2.45) is 5.92 Å². The maximum Gasteiger partial charge on any atom is 0.586 e. The molecule has 2 saturated heterocycles. The number of fused-ring (bicyclic) bond motifs is 2. The van der Waals surface area contributed by atoms with Crippen molar-refractivity contribution in [1.29, 1.82) is 0 Å². The van der Waals surface area contributed by atoms with E-state index < -0.39 is 30.0 Å². The monoisotopic (exact) mass is 373 g/mol. The Bertz CT molecular complexity index is 745. The summed E-state index contributed by atoms with van der Waals surface area (Å²) < 4.78 is 54.5. The fourth-order valence-electron chi connectivity index (χ4n) is 4.56. The van der Waals surface area contributed by atoms with Crippen molar-refractivity contribution in [1.82, 2.24) is 4.90 Å². The van der Waals surface area contributed by atoms with Crippen LogP contribution in [0.25, 0.3) is 0 Å². The summed E-state index contributed by atoms with van der Waals surface area (Å²) in [5, 5.41) is 9.82. The summed E-state index contributed by atoms with van der Waals surface area (Å²) in [5.41, 5.74) is -0.615. The average molecular weight is 373 g/mol. The van der Waals surface area contributed by atoms with Gasteiger partial charge in [-0.3, -0.25) is 9.69 Å². The minimum absolute atomic E-state index is 0.000861.